The molecule has 1 aliphatic heterocycles. The molecule has 1 unspecified atom stereocenters. The standard InChI is InChI=1S/C38H54NO6.HI/c1-7-8-9-10-11-12-13-14-15-16-23-38(4,5)37(42)43-26-39(6)24-22-29-18-17-19-31-34(29)32(39)25-30-20-21-33(44-27(2)40)36(35(30)31)45-28(3)41;/h17-21,32H,7-16,22-26H2,1-6H3;1H/q+1;/p-1/t32-,39?;/m0./s1. The molecule has 46 heavy (non-hydrogen) atoms. The molecule has 254 valence electrons. The van der Waals surface area contributed by atoms with Gasteiger partial charge in [0.15, 0.2) is 11.5 Å². The van der Waals surface area contributed by atoms with E-state index in [1.807, 2.05) is 32.0 Å². The molecule has 2 aliphatic rings. The van der Waals surface area contributed by atoms with E-state index in [9.17, 15) is 14.4 Å². The van der Waals surface area contributed by atoms with Gasteiger partial charge >= 0.3 is 17.9 Å². The summed E-state index contributed by atoms with van der Waals surface area (Å²) in [6.07, 6.45) is 15.1. The number of benzene rings is 2. The number of hydrogen-bond donors (Lipinski definition) is 0. The number of ether oxygens (including phenoxy) is 3. The van der Waals surface area contributed by atoms with Crippen LogP contribution in [0, 0.1) is 5.41 Å². The lowest BCUT2D eigenvalue weighted by Gasteiger charge is -2.47. The molecule has 0 aromatic heterocycles. The molecular formula is C38H54INO6. The van der Waals surface area contributed by atoms with Gasteiger partial charge in [-0.2, -0.15) is 0 Å². The minimum Gasteiger partial charge on any atom is -1.00 e. The SMILES string of the molecule is CCCCCCCCCCCCC(C)(C)C(=O)OC[N+]1(C)CCc2cccc3c2[C@@H]1Cc1ccc(OC(C)=O)c(OC(C)=O)c1-3.[I-]. The summed E-state index contributed by atoms with van der Waals surface area (Å²) in [5, 5.41) is 0. The first-order valence-electron chi connectivity index (χ1n) is 17.1. The van der Waals surface area contributed by atoms with Crippen LogP contribution < -0.4 is 33.5 Å². The summed E-state index contributed by atoms with van der Waals surface area (Å²) < 4.78 is 17.9. The normalized spacial score (nSPS) is 18.1. The van der Waals surface area contributed by atoms with Crippen LogP contribution in [0.15, 0.2) is 30.3 Å². The fourth-order valence-corrected chi connectivity index (χ4v) is 7.08. The van der Waals surface area contributed by atoms with Gasteiger partial charge in [-0.15, -0.1) is 0 Å². The van der Waals surface area contributed by atoms with Gasteiger partial charge in [-0.3, -0.25) is 18.9 Å². The molecule has 0 spiro atoms. The second kappa shape index (κ2) is 17.1. The lowest BCUT2D eigenvalue weighted by atomic mass is 9.76. The zero-order chi connectivity index (χ0) is 32.6. The van der Waals surface area contributed by atoms with E-state index in [0.29, 0.717) is 17.6 Å². The Morgan fingerprint density at radius 3 is 2.11 bits per heavy atom. The Balaban J connectivity index is 0.00000576. The summed E-state index contributed by atoms with van der Waals surface area (Å²) >= 11 is 0. The van der Waals surface area contributed by atoms with Crippen molar-refractivity contribution >= 4 is 17.9 Å². The van der Waals surface area contributed by atoms with Crippen molar-refractivity contribution in [2.24, 2.45) is 5.41 Å². The monoisotopic (exact) mass is 747 g/mol. The van der Waals surface area contributed by atoms with Gasteiger partial charge in [0.2, 0.25) is 6.73 Å². The van der Waals surface area contributed by atoms with E-state index in [0.717, 1.165) is 48.9 Å². The average Bonchev–Trinajstić information content (AvgIpc) is 2.99. The highest BCUT2D eigenvalue weighted by molar-refractivity contribution is 5.86. The molecule has 2 aromatic carbocycles. The fourth-order valence-electron chi connectivity index (χ4n) is 7.08. The molecule has 0 amide bonds. The topological polar surface area (TPSA) is 78.9 Å². The molecule has 1 aliphatic carbocycles. The first-order valence-corrected chi connectivity index (χ1v) is 17.1. The number of hydrogen-bond acceptors (Lipinski definition) is 6. The predicted octanol–water partition coefficient (Wildman–Crippen LogP) is 5.65. The van der Waals surface area contributed by atoms with Crippen molar-refractivity contribution in [1.82, 2.24) is 0 Å². The van der Waals surface area contributed by atoms with Crippen LogP contribution in [-0.4, -0.2) is 42.7 Å². The van der Waals surface area contributed by atoms with Gasteiger partial charge in [0.1, 0.15) is 6.04 Å². The van der Waals surface area contributed by atoms with Gasteiger partial charge in [0.05, 0.1) is 19.0 Å². The Bertz CT molecular complexity index is 1370. The van der Waals surface area contributed by atoms with E-state index in [2.05, 4.69) is 20.0 Å². The number of likely N-dealkylation sites (N-methyl/N-ethyl adjacent to an activating group) is 1. The summed E-state index contributed by atoms with van der Waals surface area (Å²) in [4.78, 5) is 37.4. The fraction of sp³-hybridized carbons (Fsp3) is 0.605. The van der Waals surface area contributed by atoms with Crippen LogP contribution >= 0.6 is 0 Å². The van der Waals surface area contributed by atoms with E-state index in [1.165, 1.54) is 76.3 Å². The highest BCUT2D eigenvalue weighted by Gasteiger charge is 2.45. The number of nitrogens with zero attached hydrogens (tertiary/aromatic N) is 1. The van der Waals surface area contributed by atoms with Crippen molar-refractivity contribution in [3.63, 3.8) is 0 Å². The quantitative estimate of drug-likeness (QED) is 0.0728. The molecule has 0 saturated heterocycles. The van der Waals surface area contributed by atoms with Gasteiger partial charge in [0, 0.05) is 37.8 Å². The molecule has 1 heterocycles. The van der Waals surface area contributed by atoms with Crippen LogP contribution in [0.2, 0.25) is 0 Å². The van der Waals surface area contributed by atoms with E-state index >= 15 is 0 Å². The highest BCUT2D eigenvalue weighted by atomic mass is 127. The maximum absolute atomic E-state index is 13.4. The molecule has 0 bridgehead atoms. The lowest BCUT2D eigenvalue weighted by Crippen LogP contribution is -3.00. The van der Waals surface area contributed by atoms with Gasteiger partial charge < -0.3 is 38.2 Å². The Hall–Kier alpha value is -2.46. The third-order valence-electron chi connectivity index (χ3n) is 9.76. The molecular weight excluding hydrogens is 693 g/mol. The van der Waals surface area contributed by atoms with E-state index in [1.54, 1.807) is 6.07 Å². The van der Waals surface area contributed by atoms with Crippen molar-refractivity contribution in [2.45, 2.75) is 124 Å². The zero-order valence-corrected chi connectivity index (χ0v) is 31.0. The van der Waals surface area contributed by atoms with Crippen LogP contribution in [0.4, 0.5) is 0 Å². The largest absolute Gasteiger partial charge is 1.00 e. The van der Waals surface area contributed by atoms with Crippen LogP contribution in [-0.2, 0) is 32.0 Å². The first kappa shape index (κ1) is 38.0. The second-order valence-corrected chi connectivity index (χ2v) is 14.0. The molecule has 2 aromatic rings. The van der Waals surface area contributed by atoms with Gasteiger partial charge in [-0.05, 0) is 43.0 Å². The summed E-state index contributed by atoms with van der Waals surface area (Å²) in [6, 6.07) is 9.96. The van der Waals surface area contributed by atoms with E-state index < -0.39 is 17.4 Å². The number of rotatable bonds is 16. The van der Waals surface area contributed by atoms with Crippen LogP contribution in [0.25, 0.3) is 11.1 Å². The number of halogens is 1. The maximum Gasteiger partial charge on any atom is 0.315 e. The minimum atomic E-state index is -0.524. The molecule has 0 saturated carbocycles. The molecule has 0 N–H and O–H groups in total. The van der Waals surface area contributed by atoms with Crippen molar-refractivity contribution in [3.05, 3.63) is 47.0 Å². The van der Waals surface area contributed by atoms with Crippen molar-refractivity contribution in [3.8, 4) is 22.6 Å². The summed E-state index contributed by atoms with van der Waals surface area (Å²) in [7, 11) is 2.18. The summed E-state index contributed by atoms with van der Waals surface area (Å²) in [5.41, 5.74) is 4.69. The zero-order valence-electron chi connectivity index (χ0n) is 28.8. The molecule has 0 radical (unpaired) electrons. The van der Waals surface area contributed by atoms with Crippen molar-refractivity contribution in [1.29, 1.82) is 0 Å². The van der Waals surface area contributed by atoms with Crippen molar-refractivity contribution in [2.75, 3.05) is 20.3 Å². The predicted molar refractivity (Wildman–Crippen MR) is 177 cm³/mol. The Labute approximate surface area is 293 Å². The summed E-state index contributed by atoms with van der Waals surface area (Å²) in [5.74, 6) is -0.566. The van der Waals surface area contributed by atoms with Crippen LogP contribution in [0.1, 0.15) is 128 Å². The van der Waals surface area contributed by atoms with E-state index in [-0.39, 0.29) is 47.5 Å². The maximum atomic E-state index is 13.4. The number of esters is 3. The minimum absolute atomic E-state index is 0. The third-order valence-corrected chi connectivity index (χ3v) is 9.76. The number of fused-ring (bicyclic) bond motifs is 2. The summed E-state index contributed by atoms with van der Waals surface area (Å²) in [6.45, 7) is 10.1. The number of carbonyl (C=O) groups excluding carboxylic acids is 3. The lowest BCUT2D eigenvalue weighted by molar-refractivity contribution is -0.956. The molecule has 0 fully saturated rings. The highest BCUT2D eigenvalue weighted by Crippen LogP contribution is 2.52. The Morgan fingerprint density at radius 1 is 0.848 bits per heavy atom. The molecule has 4 rings (SSSR count). The third kappa shape index (κ3) is 9.33. The molecule has 7 nitrogen and oxygen atoms in total. The van der Waals surface area contributed by atoms with Crippen molar-refractivity contribution < 1.29 is 57.1 Å². The Kier molecular flexibility index (Phi) is 14.1. The van der Waals surface area contributed by atoms with Gasteiger partial charge in [0.25, 0.3) is 0 Å². The number of quaternary nitrogens is 1. The van der Waals surface area contributed by atoms with Crippen LogP contribution in [0.3, 0.4) is 0 Å². The first-order chi connectivity index (χ1) is 21.5. The molecule has 2 atom stereocenters. The Morgan fingerprint density at radius 2 is 1.48 bits per heavy atom. The number of unbranched alkanes of at least 4 members (excludes halogenated alkanes) is 9. The van der Waals surface area contributed by atoms with E-state index in [4.69, 9.17) is 14.2 Å². The second-order valence-electron chi connectivity index (χ2n) is 14.0. The average molecular weight is 748 g/mol. The molecule has 8 heteroatoms. The number of carbonyl (C=O) groups is 3. The van der Waals surface area contributed by atoms with Crippen LogP contribution in [0.5, 0.6) is 11.5 Å². The van der Waals surface area contributed by atoms with Gasteiger partial charge in [-0.1, -0.05) is 95.4 Å². The smallest absolute Gasteiger partial charge is 0.315 e. The van der Waals surface area contributed by atoms with Gasteiger partial charge in [-0.25, -0.2) is 0 Å².